The topological polar surface area (TPSA) is 26.3 Å². The fourth-order valence-corrected chi connectivity index (χ4v) is 4.57. The Morgan fingerprint density at radius 1 is 1.37 bits per heavy atom. The lowest BCUT2D eigenvalue weighted by Crippen LogP contribution is -2.39. The maximum atomic E-state index is 12.7. The van der Waals surface area contributed by atoms with E-state index in [9.17, 15) is 4.79 Å². The smallest absolute Gasteiger partial charge is 0.176 e. The van der Waals surface area contributed by atoms with E-state index >= 15 is 0 Å². The van der Waals surface area contributed by atoms with Crippen molar-refractivity contribution >= 4 is 17.1 Å². The Hall–Kier alpha value is -0.670. The fourth-order valence-electron chi connectivity index (χ4n) is 3.52. The van der Waals surface area contributed by atoms with Crippen LogP contribution in [0.25, 0.3) is 0 Å². The quantitative estimate of drug-likeness (QED) is 0.754. The SMILES string of the molecule is Cc1cc(C(=O)C2CCOC3(CCCC3)C2)sc1C. The molecule has 0 radical (unpaired) electrons. The highest BCUT2D eigenvalue weighted by Crippen LogP contribution is 2.43. The Labute approximate surface area is 119 Å². The third-order valence-electron chi connectivity index (χ3n) is 4.79. The number of thiophene rings is 1. The summed E-state index contributed by atoms with van der Waals surface area (Å²) in [6, 6.07) is 2.07. The Morgan fingerprint density at radius 2 is 2.11 bits per heavy atom. The molecule has 2 aliphatic rings. The van der Waals surface area contributed by atoms with Gasteiger partial charge in [-0.3, -0.25) is 4.79 Å². The molecule has 1 unspecified atom stereocenters. The highest BCUT2D eigenvalue weighted by atomic mass is 32.1. The van der Waals surface area contributed by atoms with Gasteiger partial charge in [0.05, 0.1) is 10.5 Å². The molecular formula is C16H22O2S. The van der Waals surface area contributed by atoms with Gasteiger partial charge in [0.25, 0.3) is 0 Å². The minimum atomic E-state index is 0.0416. The second-order valence-corrected chi connectivity index (χ2v) is 7.40. The van der Waals surface area contributed by atoms with Gasteiger partial charge in [-0.1, -0.05) is 12.8 Å². The summed E-state index contributed by atoms with van der Waals surface area (Å²) in [5.41, 5.74) is 1.29. The molecule has 0 aromatic carbocycles. The number of ketones is 1. The van der Waals surface area contributed by atoms with E-state index in [0.29, 0.717) is 5.78 Å². The number of hydrogen-bond acceptors (Lipinski definition) is 3. The van der Waals surface area contributed by atoms with Crippen LogP contribution in [-0.4, -0.2) is 18.0 Å². The minimum Gasteiger partial charge on any atom is -0.375 e. The monoisotopic (exact) mass is 278 g/mol. The van der Waals surface area contributed by atoms with E-state index in [4.69, 9.17) is 4.74 Å². The molecule has 1 aromatic rings. The first-order valence-electron chi connectivity index (χ1n) is 7.35. The molecule has 1 saturated carbocycles. The van der Waals surface area contributed by atoms with E-state index in [1.165, 1.54) is 23.3 Å². The Balaban J connectivity index is 1.76. The molecule has 0 N–H and O–H groups in total. The Bertz CT molecular complexity index is 463. The molecule has 2 nitrogen and oxygen atoms in total. The number of Topliss-reactive ketones (excluding diaryl/α,β-unsaturated/α-hetero) is 1. The van der Waals surface area contributed by atoms with Gasteiger partial charge in [-0.2, -0.15) is 0 Å². The number of ether oxygens (including phenoxy) is 1. The summed E-state index contributed by atoms with van der Waals surface area (Å²) >= 11 is 1.66. The van der Waals surface area contributed by atoms with Gasteiger partial charge in [0, 0.05) is 17.4 Å². The van der Waals surface area contributed by atoms with E-state index in [-0.39, 0.29) is 11.5 Å². The molecule has 1 aliphatic heterocycles. The molecular weight excluding hydrogens is 256 g/mol. The second kappa shape index (κ2) is 5.02. The second-order valence-electron chi connectivity index (χ2n) is 6.14. The number of hydrogen-bond donors (Lipinski definition) is 0. The van der Waals surface area contributed by atoms with Gasteiger partial charge in [-0.05, 0) is 51.2 Å². The zero-order valence-electron chi connectivity index (χ0n) is 11.8. The third-order valence-corrected chi connectivity index (χ3v) is 5.95. The highest BCUT2D eigenvalue weighted by Gasteiger charge is 2.42. The van der Waals surface area contributed by atoms with Crippen LogP contribution in [0.1, 0.15) is 58.6 Å². The van der Waals surface area contributed by atoms with Crippen LogP contribution < -0.4 is 0 Å². The third kappa shape index (κ3) is 2.50. The predicted molar refractivity (Wildman–Crippen MR) is 78.0 cm³/mol. The molecule has 1 spiro atoms. The molecule has 1 saturated heterocycles. The lowest BCUT2D eigenvalue weighted by atomic mass is 9.82. The van der Waals surface area contributed by atoms with Crippen LogP contribution in [0.4, 0.5) is 0 Å². The van der Waals surface area contributed by atoms with Crippen molar-refractivity contribution in [2.24, 2.45) is 5.92 Å². The van der Waals surface area contributed by atoms with E-state index in [1.807, 2.05) is 0 Å². The van der Waals surface area contributed by atoms with Crippen molar-refractivity contribution in [3.8, 4) is 0 Å². The first-order chi connectivity index (χ1) is 9.10. The van der Waals surface area contributed by atoms with Crippen molar-refractivity contribution in [2.45, 2.75) is 58.0 Å². The van der Waals surface area contributed by atoms with E-state index < -0.39 is 0 Å². The summed E-state index contributed by atoms with van der Waals surface area (Å²) in [6.07, 6.45) is 6.67. The van der Waals surface area contributed by atoms with Crippen molar-refractivity contribution in [3.63, 3.8) is 0 Å². The average Bonchev–Trinajstić information content (AvgIpc) is 2.97. The fraction of sp³-hybridized carbons (Fsp3) is 0.688. The number of carbonyl (C=O) groups is 1. The predicted octanol–water partition coefficient (Wildman–Crippen LogP) is 4.29. The molecule has 3 heteroatoms. The van der Waals surface area contributed by atoms with Crippen LogP contribution in [0.3, 0.4) is 0 Å². The van der Waals surface area contributed by atoms with E-state index in [2.05, 4.69) is 19.9 Å². The summed E-state index contributed by atoms with van der Waals surface area (Å²) < 4.78 is 6.02. The average molecular weight is 278 g/mol. The summed E-state index contributed by atoms with van der Waals surface area (Å²) in [4.78, 5) is 14.9. The van der Waals surface area contributed by atoms with Crippen molar-refractivity contribution in [1.82, 2.24) is 0 Å². The molecule has 104 valence electrons. The van der Waals surface area contributed by atoms with E-state index in [1.54, 1.807) is 11.3 Å². The van der Waals surface area contributed by atoms with Gasteiger partial charge in [0.1, 0.15) is 0 Å². The summed E-state index contributed by atoms with van der Waals surface area (Å²) in [5, 5.41) is 0. The van der Waals surface area contributed by atoms with Crippen LogP contribution in [0, 0.1) is 19.8 Å². The van der Waals surface area contributed by atoms with Crippen LogP contribution in [0.15, 0.2) is 6.07 Å². The summed E-state index contributed by atoms with van der Waals surface area (Å²) in [5.74, 6) is 0.542. The van der Waals surface area contributed by atoms with Crippen LogP contribution >= 0.6 is 11.3 Å². The van der Waals surface area contributed by atoms with Gasteiger partial charge >= 0.3 is 0 Å². The Morgan fingerprint density at radius 3 is 2.74 bits per heavy atom. The number of carbonyl (C=O) groups excluding carboxylic acids is 1. The van der Waals surface area contributed by atoms with Crippen LogP contribution in [-0.2, 0) is 4.74 Å². The largest absolute Gasteiger partial charge is 0.375 e. The molecule has 0 bridgehead atoms. The lowest BCUT2D eigenvalue weighted by molar-refractivity contribution is -0.0865. The summed E-state index contributed by atoms with van der Waals surface area (Å²) in [7, 11) is 0. The zero-order chi connectivity index (χ0) is 13.5. The maximum absolute atomic E-state index is 12.7. The molecule has 19 heavy (non-hydrogen) atoms. The molecule has 2 heterocycles. The number of rotatable bonds is 2. The molecule has 2 fully saturated rings. The lowest BCUT2D eigenvalue weighted by Gasteiger charge is -2.37. The van der Waals surface area contributed by atoms with Gasteiger partial charge in [-0.25, -0.2) is 0 Å². The normalized spacial score (nSPS) is 25.9. The first-order valence-corrected chi connectivity index (χ1v) is 8.16. The Kier molecular flexibility index (Phi) is 3.52. The molecule has 1 aliphatic carbocycles. The number of aryl methyl sites for hydroxylation is 2. The zero-order valence-corrected chi connectivity index (χ0v) is 12.6. The summed E-state index contributed by atoms with van der Waals surface area (Å²) in [6.45, 7) is 4.95. The van der Waals surface area contributed by atoms with Crippen molar-refractivity contribution in [2.75, 3.05) is 6.61 Å². The molecule has 1 atom stereocenters. The van der Waals surface area contributed by atoms with Gasteiger partial charge in [0.2, 0.25) is 0 Å². The van der Waals surface area contributed by atoms with Crippen LogP contribution in [0.2, 0.25) is 0 Å². The van der Waals surface area contributed by atoms with Gasteiger partial charge in [0.15, 0.2) is 5.78 Å². The van der Waals surface area contributed by atoms with Gasteiger partial charge in [-0.15, -0.1) is 11.3 Å². The van der Waals surface area contributed by atoms with Crippen molar-refractivity contribution in [1.29, 1.82) is 0 Å². The van der Waals surface area contributed by atoms with Crippen LogP contribution in [0.5, 0.6) is 0 Å². The highest BCUT2D eigenvalue weighted by molar-refractivity contribution is 7.14. The maximum Gasteiger partial charge on any atom is 0.176 e. The molecule has 0 amide bonds. The minimum absolute atomic E-state index is 0.0416. The molecule has 1 aromatic heterocycles. The standard InChI is InChI=1S/C16H22O2S/c1-11-9-14(19-12(11)2)15(17)13-5-8-18-16(10-13)6-3-4-7-16/h9,13H,3-8,10H2,1-2H3. The first kappa shape index (κ1) is 13.3. The molecule has 3 rings (SSSR count). The van der Waals surface area contributed by atoms with E-state index in [0.717, 1.165) is 37.2 Å². The van der Waals surface area contributed by atoms with Crippen molar-refractivity contribution < 1.29 is 9.53 Å². The van der Waals surface area contributed by atoms with Gasteiger partial charge < -0.3 is 4.74 Å². The van der Waals surface area contributed by atoms with Crippen molar-refractivity contribution in [3.05, 3.63) is 21.4 Å².